The molecule has 2 saturated carbocycles. The molecule has 3 nitrogen and oxygen atoms in total. The Hall–Kier alpha value is -1.20. The third kappa shape index (κ3) is 2.84. The Labute approximate surface area is 157 Å². The number of amides is 1. The van der Waals surface area contributed by atoms with Crippen LogP contribution < -0.4 is 5.73 Å². The van der Waals surface area contributed by atoms with Gasteiger partial charge in [0.25, 0.3) is 5.92 Å². The lowest BCUT2D eigenvalue weighted by atomic mass is 9.60. The molecule has 3 aliphatic rings. The van der Waals surface area contributed by atoms with Crippen molar-refractivity contribution in [2.75, 3.05) is 13.1 Å². The Balaban J connectivity index is 1.54. The highest BCUT2D eigenvalue weighted by Gasteiger charge is 2.62. The van der Waals surface area contributed by atoms with E-state index in [0.29, 0.717) is 23.7 Å². The number of rotatable bonds is 2. The van der Waals surface area contributed by atoms with Crippen LogP contribution in [0.1, 0.15) is 50.5 Å². The highest BCUT2D eigenvalue weighted by molar-refractivity contribution is 6.30. The first-order valence-corrected chi connectivity index (χ1v) is 9.83. The quantitative estimate of drug-likeness (QED) is 0.836. The average molecular weight is 383 g/mol. The van der Waals surface area contributed by atoms with Gasteiger partial charge in [0.2, 0.25) is 5.91 Å². The van der Waals surface area contributed by atoms with Crippen LogP contribution in [0.15, 0.2) is 24.3 Å². The van der Waals surface area contributed by atoms with Crippen LogP contribution in [0.4, 0.5) is 8.78 Å². The molecule has 142 valence electrons. The normalized spacial score (nSPS) is 28.8. The number of nitrogens with two attached hydrogens (primary N) is 1. The van der Waals surface area contributed by atoms with Crippen LogP contribution in [0, 0.1) is 5.41 Å². The predicted octanol–water partition coefficient (Wildman–Crippen LogP) is 4.13. The second-order valence-electron chi connectivity index (χ2n) is 8.45. The molecule has 3 fully saturated rings. The zero-order valence-corrected chi connectivity index (χ0v) is 15.6. The minimum Gasteiger partial charge on any atom is -0.342 e. The lowest BCUT2D eigenvalue weighted by Gasteiger charge is -2.50. The highest BCUT2D eigenvalue weighted by atomic mass is 35.5. The summed E-state index contributed by atoms with van der Waals surface area (Å²) in [6, 6.07) is 6.98. The molecule has 0 bridgehead atoms. The van der Waals surface area contributed by atoms with Crippen molar-refractivity contribution in [2.45, 2.75) is 62.3 Å². The molecule has 1 aliphatic heterocycles. The standard InChI is InChI=1S/C20H25ClF2N2O/c21-15-5-3-14(4-6-15)19(12-20(22,23)13-19)17(26)25-10-8-18(9-11-25)7-1-2-16(18)24/h3-6,16H,1-2,7-13,24H2. The van der Waals surface area contributed by atoms with E-state index in [9.17, 15) is 13.6 Å². The minimum atomic E-state index is -2.78. The number of halogens is 3. The molecular weight excluding hydrogens is 358 g/mol. The van der Waals surface area contributed by atoms with Crippen molar-refractivity contribution in [2.24, 2.45) is 11.1 Å². The van der Waals surface area contributed by atoms with Gasteiger partial charge < -0.3 is 10.6 Å². The van der Waals surface area contributed by atoms with Gasteiger partial charge in [-0.2, -0.15) is 0 Å². The number of piperidine rings is 1. The van der Waals surface area contributed by atoms with E-state index in [4.69, 9.17) is 17.3 Å². The largest absolute Gasteiger partial charge is 0.342 e. The Morgan fingerprint density at radius 2 is 1.73 bits per heavy atom. The first-order chi connectivity index (χ1) is 12.3. The molecule has 0 radical (unpaired) electrons. The van der Waals surface area contributed by atoms with E-state index in [2.05, 4.69) is 0 Å². The Bertz CT molecular complexity index is 690. The van der Waals surface area contributed by atoms with Crippen LogP contribution in [0.25, 0.3) is 0 Å². The van der Waals surface area contributed by atoms with Gasteiger partial charge in [-0.05, 0) is 48.8 Å². The van der Waals surface area contributed by atoms with Crippen molar-refractivity contribution in [3.8, 4) is 0 Å². The van der Waals surface area contributed by atoms with E-state index in [1.165, 1.54) is 0 Å². The number of likely N-dealkylation sites (tertiary alicyclic amines) is 1. The van der Waals surface area contributed by atoms with E-state index in [1.54, 1.807) is 29.2 Å². The van der Waals surface area contributed by atoms with Gasteiger partial charge in [0.15, 0.2) is 0 Å². The summed E-state index contributed by atoms with van der Waals surface area (Å²) >= 11 is 5.93. The van der Waals surface area contributed by atoms with E-state index in [-0.39, 0.29) is 17.4 Å². The summed E-state index contributed by atoms with van der Waals surface area (Å²) in [7, 11) is 0. The third-order valence-electron chi connectivity index (χ3n) is 6.95. The molecule has 1 aromatic rings. The van der Waals surface area contributed by atoms with Crippen LogP contribution in [0.5, 0.6) is 0 Å². The molecule has 2 aliphatic carbocycles. The topological polar surface area (TPSA) is 46.3 Å². The number of hydrogen-bond donors (Lipinski definition) is 1. The minimum absolute atomic E-state index is 0.147. The van der Waals surface area contributed by atoms with Crippen molar-refractivity contribution in [3.63, 3.8) is 0 Å². The van der Waals surface area contributed by atoms with Gasteiger partial charge in [0.05, 0.1) is 5.41 Å². The monoisotopic (exact) mass is 382 g/mol. The summed E-state index contributed by atoms with van der Waals surface area (Å²) in [4.78, 5) is 15.1. The SMILES string of the molecule is NC1CCCC12CCN(C(=O)C1(c3ccc(Cl)cc3)CC(F)(F)C1)CC2. The maximum Gasteiger partial charge on any atom is 0.250 e. The molecule has 1 amide bonds. The first kappa shape index (κ1) is 18.2. The van der Waals surface area contributed by atoms with Crippen LogP contribution >= 0.6 is 11.6 Å². The number of carbonyl (C=O) groups is 1. The fourth-order valence-corrected chi connectivity index (χ4v) is 5.45. The summed E-state index contributed by atoms with van der Waals surface area (Å²) in [6.07, 6.45) is 4.25. The van der Waals surface area contributed by atoms with Gasteiger partial charge in [-0.15, -0.1) is 0 Å². The molecule has 26 heavy (non-hydrogen) atoms. The Kier molecular flexibility index (Phi) is 4.31. The van der Waals surface area contributed by atoms with E-state index >= 15 is 0 Å². The highest BCUT2D eigenvalue weighted by Crippen LogP contribution is 2.55. The van der Waals surface area contributed by atoms with Crippen LogP contribution in [0.2, 0.25) is 5.02 Å². The lowest BCUT2D eigenvalue weighted by molar-refractivity contribution is -0.170. The predicted molar refractivity (Wildman–Crippen MR) is 97.4 cm³/mol. The van der Waals surface area contributed by atoms with Crippen molar-refractivity contribution in [1.29, 1.82) is 0 Å². The average Bonchev–Trinajstić information content (AvgIpc) is 2.93. The molecule has 1 spiro atoms. The number of alkyl halides is 2. The molecule has 1 saturated heterocycles. The second-order valence-corrected chi connectivity index (χ2v) is 8.89. The van der Waals surface area contributed by atoms with Gasteiger partial charge in [-0.1, -0.05) is 30.2 Å². The number of benzene rings is 1. The molecular formula is C20H25ClF2N2O. The third-order valence-corrected chi connectivity index (χ3v) is 7.20. The fraction of sp³-hybridized carbons (Fsp3) is 0.650. The Morgan fingerprint density at radius 1 is 1.12 bits per heavy atom. The molecule has 0 aromatic heterocycles. The summed E-state index contributed by atoms with van der Waals surface area (Å²) in [5.41, 5.74) is 6.00. The number of hydrogen-bond acceptors (Lipinski definition) is 2. The van der Waals surface area contributed by atoms with Gasteiger partial charge in [-0.25, -0.2) is 8.78 Å². The Morgan fingerprint density at radius 3 is 2.23 bits per heavy atom. The van der Waals surface area contributed by atoms with E-state index in [1.807, 2.05) is 0 Å². The van der Waals surface area contributed by atoms with Gasteiger partial charge in [-0.3, -0.25) is 4.79 Å². The number of carbonyl (C=O) groups excluding carboxylic acids is 1. The van der Waals surface area contributed by atoms with Crippen LogP contribution in [-0.4, -0.2) is 35.9 Å². The molecule has 1 atom stereocenters. The molecule has 1 unspecified atom stereocenters. The zero-order chi connectivity index (χ0) is 18.6. The van der Waals surface area contributed by atoms with Crippen LogP contribution in [0.3, 0.4) is 0 Å². The molecule has 2 N–H and O–H groups in total. The van der Waals surface area contributed by atoms with Gasteiger partial charge >= 0.3 is 0 Å². The summed E-state index contributed by atoms with van der Waals surface area (Å²) in [6.45, 7) is 1.24. The summed E-state index contributed by atoms with van der Waals surface area (Å²) in [5.74, 6) is -2.94. The summed E-state index contributed by atoms with van der Waals surface area (Å²) in [5, 5.41) is 0.539. The maximum atomic E-state index is 13.8. The maximum absolute atomic E-state index is 13.8. The number of nitrogens with zero attached hydrogens (tertiary/aromatic N) is 1. The van der Waals surface area contributed by atoms with E-state index in [0.717, 1.165) is 32.1 Å². The van der Waals surface area contributed by atoms with Crippen molar-refractivity contribution < 1.29 is 13.6 Å². The van der Waals surface area contributed by atoms with E-state index < -0.39 is 24.2 Å². The van der Waals surface area contributed by atoms with Gasteiger partial charge in [0.1, 0.15) is 0 Å². The summed E-state index contributed by atoms with van der Waals surface area (Å²) < 4.78 is 27.6. The van der Waals surface area contributed by atoms with Gasteiger partial charge in [0, 0.05) is 37.0 Å². The zero-order valence-electron chi connectivity index (χ0n) is 14.8. The lowest BCUT2D eigenvalue weighted by Crippen LogP contribution is -2.61. The molecule has 1 heterocycles. The molecule has 6 heteroatoms. The molecule has 4 rings (SSSR count). The van der Waals surface area contributed by atoms with Crippen molar-refractivity contribution in [3.05, 3.63) is 34.9 Å². The van der Waals surface area contributed by atoms with Crippen LogP contribution in [-0.2, 0) is 10.2 Å². The second kappa shape index (κ2) is 6.16. The first-order valence-electron chi connectivity index (χ1n) is 9.45. The molecule has 1 aromatic carbocycles. The smallest absolute Gasteiger partial charge is 0.250 e. The van der Waals surface area contributed by atoms with Crippen molar-refractivity contribution in [1.82, 2.24) is 4.90 Å². The van der Waals surface area contributed by atoms with Crippen molar-refractivity contribution >= 4 is 17.5 Å². The fourth-order valence-electron chi connectivity index (χ4n) is 5.32.